The Bertz CT molecular complexity index is 1570. The number of nitrogens with zero attached hydrogens (tertiary/aromatic N) is 4. The Kier molecular flexibility index (Phi) is 7.22. The summed E-state index contributed by atoms with van der Waals surface area (Å²) in [5, 5.41) is 15.6. The van der Waals surface area contributed by atoms with Gasteiger partial charge in [0.2, 0.25) is 0 Å². The van der Waals surface area contributed by atoms with Gasteiger partial charge in [0.15, 0.2) is 5.65 Å². The van der Waals surface area contributed by atoms with Crippen LogP contribution in [0, 0.1) is 0 Å². The lowest BCUT2D eigenvalue weighted by Gasteiger charge is -2.38. The quantitative estimate of drug-likeness (QED) is 0.386. The highest BCUT2D eigenvalue weighted by Gasteiger charge is 2.35. The molecule has 6 rings (SSSR count). The summed E-state index contributed by atoms with van der Waals surface area (Å²) in [6.07, 6.45) is 2.40. The van der Waals surface area contributed by atoms with Crippen molar-refractivity contribution in [1.29, 1.82) is 0 Å². The maximum Gasteiger partial charge on any atom is 0.262 e. The molecule has 1 amide bonds. The second kappa shape index (κ2) is 10.8. The molecule has 2 aromatic heterocycles. The van der Waals surface area contributed by atoms with Gasteiger partial charge in [0.25, 0.3) is 11.5 Å². The zero-order chi connectivity index (χ0) is 27.9. The molecule has 4 aromatic rings. The Hall–Kier alpha value is -3.50. The monoisotopic (exact) mass is 561 g/mol. The molecule has 2 saturated heterocycles. The van der Waals surface area contributed by atoms with E-state index in [4.69, 9.17) is 16.3 Å². The number of hydrogen-bond donors (Lipinski definition) is 2. The summed E-state index contributed by atoms with van der Waals surface area (Å²) < 4.78 is 8.97. The minimum Gasteiger partial charge on any atom is -0.388 e. The van der Waals surface area contributed by atoms with Gasteiger partial charge in [-0.25, -0.2) is 4.98 Å². The van der Waals surface area contributed by atoms with Crippen LogP contribution in [0.4, 0.5) is 0 Å². The predicted octanol–water partition coefficient (Wildman–Crippen LogP) is 3.56. The predicted molar refractivity (Wildman–Crippen MR) is 153 cm³/mol. The Labute approximate surface area is 237 Å². The summed E-state index contributed by atoms with van der Waals surface area (Å²) in [6, 6.07) is 18.8. The van der Waals surface area contributed by atoms with Crippen molar-refractivity contribution in [2.24, 2.45) is 0 Å². The molecule has 2 aliphatic heterocycles. The van der Waals surface area contributed by atoms with E-state index >= 15 is 0 Å². The lowest BCUT2D eigenvalue weighted by atomic mass is 9.91. The lowest BCUT2D eigenvalue weighted by molar-refractivity contribution is -0.0299. The highest BCUT2D eigenvalue weighted by atomic mass is 35.5. The third-order valence-corrected chi connectivity index (χ3v) is 8.24. The van der Waals surface area contributed by atoms with Crippen LogP contribution < -0.4 is 10.9 Å². The van der Waals surface area contributed by atoms with Crippen LogP contribution in [0.5, 0.6) is 0 Å². The molecule has 0 saturated carbocycles. The largest absolute Gasteiger partial charge is 0.388 e. The molecule has 0 radical (unpaired) electrons. The van der Waals surface area contributed by atoms with Crippen molar-refractivity contribution in [1.82, 2.24) is 24.3 Å². The fourth-order valence-corrected chi connectivity index (χ4v) is 5.85. The summed E-state index contributed by atoms with van der Waals surface area (Å²) in [5.41, 5.74) is 1.61. The standard InChI is InChI=1S/C30H32ClN5O4/c1-20-16-32-25(17-40-20)21-7-9-23(10-8-21)36-26(31)15-24-27(36)33-19-35(29(24)38)18-30(39)11-13-34(14-12-30)28(37)22-5-3-2-4-6-22/h2-10,15,19-20,25,32,39H,11-14,16-18H2,1H3/t20-,25-/m1/s1. The van der Waals surface area contributed by atoms with Gasteiger partial charge < -0.3 is 20.1 Å². The van der Waals surface area contributed by atoms with E-state index in [-0.39, 0.29) is 30.2 Å². The van der Waals surface area contributed by atoms with Crippen molar-refractivity contribution in [3.8, 4) is 5.69 Å². The number of amides is 1. The first-order valence-electron chi connectivity index (χ1n) is 13.6. The molecule has 0 spiro atoms. The minimum absolute atomic E-state index is 0.0511. The molecule has 0 aliphatic carbocycles. The van der Waals surface area contributed by atoms with E-state index in [0.29, 0.717) is 54.3 Å². The molecule has 9 nitrogen and oxygen atoms in total. The number of carbonyl (C=O) groups excluding carboxylic acids is 1. The molecule has 4 heterocycles. The van der Waals surface area contributed by atoms with Crippen molar-refractivity contribution >= 4 is 28.5 Å². The van der Waals surface area contributed by atoms with Gasteiger partial charge in [0, 0.05) is 30.9 Å². The number of hydrogen-bond acceptors (Lipinski definition) is 6. The van der Waals surface area contributed by atoms with Gasteiger partial charge >= 0.3 is 0 Å². The Balaban J connectivity index is 1.18. The van der Waals surface area contributed by atoms with Gasteiger partial charge in [-0.15, -0.1) is 0 Å². The number of rotatable bonds is 5. The van der Waals surface area contributed by atoms with Gasteiger partial charge in [-0.3, -0.25) is 18.7 Å². The van der Waals surface area contributed by atoms with Crippen molar-refractivity contribution in [3.63, 3.8) is 0 Å². The average molecular weight is 562 g/mol. The van der Waals surface area contributed by atoms with Crippen molar-refractivity contribution in [2.75, 3.05) is 26.2 Å². The Morgan fingerprint density at radius 3 is 2.55 bits per heavy atom. The average Bonchev–Trinajstić information content (AvgIpc) is 3.32. The molecule has 2 fully saturated rings. The van der Waals surface area contributed by atoms with Crippen LogP contribution in [0.15, 0.2) is 71.8 Å². The number of carbonyl (C=O) groups is 1. The first-order valence-corrected chi connectivity index (χ1v) is 14.0. The van der Waals surface area contributed by atoms with Crippen LogP contribution in [0.2, 0.25) is 5.15 Å². The van der Waals surface area contributed by atoms with Crippen LogP contribution in [0.1, 0.15) is 41.7 Å². The summed E-state index contributed by atoms with van der Waals surface area (Å²) in [4.78, 5) is 32.5. The first-order chi connectivity index (χ1) is 19.3. The minimum atomic E-state index is -1.12. The van der Waals surface area contributed by atoms with E-state index in [2.05, 4.69) is 10.3 Å². The van der Waals surface area contributed by atoms with Crippen LogP contribution in [-0.2, 0) is 11.3 Å². The number of piperidine rings is 1. The van der Waals surface area contributed by atoms with Crippen LogP contribution in [0.25, 0.3) is 16.7 Å². The topological polar surface area (TPSA) is 102 Å². The summed E-state index contributed by atoms with van der Waals surface area (Å²) in [6.45, 7) is 4.38. The number of fused-ring (bicyclic) bond motifs is 1. The molecule has 0 bridgehead atoms. The fourth-order valence-electron chi connectivity index (χ4n) is 5.57. The van der Waals surface area contributed by atoms with E-state index in [1.165, 1.54) is 10.9 Å². The molecule has 40 heavy (non-hydrogen) atoms. The van der Waals surface area contributed by atoms with Crippen LogP contribution >= 0.6 is 11.6 Å². The number of morpholine rings is 1. The number of benzene rings is 2. The van der Waals surface area contributed by atoms with Crippen molar-refractivity contribution < 1.29 is 14.6 Å². The SMILES string of the molecule is C[C@@H]1CN[C@@H](c2ccc(-n3c(Cl)cc4c(=O)n(CC5(O)CCN(C(=O)c6ccccc6)CC5)cnc43)cc2)CO1. The van der Waals surface area contributed by atoms with E-state index in [0.717, 1.165) is 17.8 Å². The first kappa shape index (κ1) is 26.7. The Morgan fingerprint density at radius 2 is 1.88 bits per heavy atom. The highest BCUT2D eigenvalue weighted by Crippen LogP contribution is 2.28. The second-order valence-electron chi connectivity index (χ2n) is 10.8. The van der Waals surface area contributed by atoms with Gasteiger partial charge in [-0.1, -0.05) is 41.9 Å². The van der Waals surface area contributed by atoms with E-state index in [1.807, 2.05) is 49.4 Å². The number of aromatic nitrogens is 3. The van der Waals surface area contributed by atoms with E-state index < -0.39 is 5.60 Å². The van der Waals surface area contributed by atoms with Gasteiger partial charge in [-0.2, -0.15) is 0 Å². The molecule has 208 valence electrons. The molecule has 2 N–H and O–H groups in total. The molecular weight excluding hydrogens is 530 g/mol. The maximum atomic E-state index is 13.4. The zero-order valence-corrected chi connectivity index (χ0v) is 23.1. The summed E-state index contributed by atoms with van der Waals surface area (Å²) >= 11 is 6.60. The number of likely N-dealkylation sites (tertiary alicyclic amines) is 1. The molecule has 2 aromatic carbocycles. The highest BCUT2D eigenvalue weighted by molar-refractivity contribution is 6.31. The van der Waals surface area contributed by atoms with Crippen LogP contribution in [0.3, 0.4) is 0 Å². The zero-order valence-electron chi connectivity index (χ0n) is 22.3. The molecule has 10 heteroatoms. The normalized spacial score (nSPS) is 21.0. The second-order valence-corrected chi connectivity index (χ2v) is 11.2. The van der Waals surface area contributed by atoms with Crippen LogP contribution in [-0.4, -0.2) is 68.0 Å². The van der Waals surface area contributed by atoms with Crippen molar-refractivity contribution in [2.45, 2.75) is 44.1 Å². The van der Waals surface area contributed by atoms with Gasteiger partial charge in [-0.05, 0) is 55.7 Å². The number of nitrogens with one attached hydrogen (secondary N) is 1. The number of aliphatic hydroxyl groups is 1. The third kappa shape index (κ3) is 5.17. The lowest BCUT2D eigenvalue weighted by Crippen LogP contribution is -2.49. The summed E-state index contributed by atoms with van der Waals surface area (Å²) in [7, 11) is 0. The fraction of sp³-hybridized carbons (Fsp3) is 0.367. The van der Waals surface area contributed by atoms with E-state index in [9.17, 15) is 14.7 Å². The number of halogens is 1. The van der Waals surface area contributed by atoms with Gasteiger partial charge in [0.05, 0.1) is 36.3 Å². The third-order valence-electron chi connectivity index (χ3n) is 7.96. The summed E-state index contributed by atoms with van der Waals surface area (Å²) in [5.74, 6) is -0.0511. The maximum absolute atomic E-state index is 13.4. The number of ether oxygens (including phenoxy) is 1. The van der Waals surface area contributed by atoms with Gasteiger partial charge in [0.1, 0.15) is 11.5 Å². The molecule has 2 atom stereocenters. The van der Waals surface area contributed by atoms with Crippen molar-refractivity contribution in [3.05, 3.63) is 93.6 Å². The molecular formula is C30H32ClN5O4. The molecule has 0 unspecified atom stereocenters. The smallest absolute Gasteiger partial charge is 0.262 e. The van der Waals surface area contributed by atoms with E-state index in [1.54, 1.807) is 27.7 Å². The Morgan fingerprint density at radius 1 is 1.15 bits per heavy atom. The molecule has 2 aliphatic rings.